The Morgan fingerprint density at radius 2 is 1.87 bits per heavy atom. The number of ketones is 1. The smallest absolute Gasteiger partial charge is 0.133 e. The highest BCUT2D eigenvalue weighted by Gasteiger charge is 2.37. The molecule has 1 aromatic carbocycles. The third-order valence-corrected chi connectivity index (χ3v) is 3.49. The summed E-state index contributed by atoms with van der Waals surface area (Å²) in [5, 5.41) is 0. The van der Waals surface area contributed by atoms with E-state index in [1.165, 1.54) is 18.4 Å². The van der Waals surface area contributed by atoms with Crippen molar-refractivity contribution in [3.63, 3.8) is 0 Å². The molecule has 0 amide bonds. The van der Waals surface area contributed by atoms with Crippen molar-refractivity contribution in [3.8, 4) is 0 Å². The molecule has 2 unspecified atom stereocenters. The van der Waals surface area contributed by atoms with Gasteiger partial charge in [0.05, 0.1) is 0 Å². The van der Waals surface area contributed by atoms with Gasteiger partial charge in [-0.3, -0.25) is 4.79 Å². The summed E-state index contributed by atoms with van der Waals surface area (Å²) in [6, 6.07) is 10.5. The third-order valence-electron chi connectivity index (χ3n) is 3.49. The van der Waals surface area contributed by atoms with E-state index in [9.17, 15) is 4.79 Å². The maximum Gasteiger partial charge on any atom is 0.133 e. The molecule has 0 saturated heterocycles. The van der Waals surface area contributed by atoms with Crippen LogP contribution in [0, 0.1) is 11.8 Å². The zero-order chi connectivity index (χ0) is 10.8. The predicted octanol–water partition coefficient (Wildman–Crippen LogP) is 3.41. The quantitative estimate of drug-likeness (QED) is 0.731. The van der Waals surface area contributed by atoms with Crippen LogP contribution in [-0.4, -0.2) is 5.78 Å². The van der Waals surface area contributed by atoms with E-state index in [0.717, 1.165) is 5.92 Å². The molecular formula is C14H18O. The Hall–Kier alpha value is -1.11. The standard InChI is InChI=1S/C14H18O/c1-10(11(2)15)14(13-8-9-13)12-6-4-3-5-7-12/h3-7,10,13-14H,8-9H2,1-2H3. The highest BCUT2D eigenvalue weighted by molar-refractivity contribution is 5.79. The van der Waals surface area contributed by atoms with Crippen LogP contribution in [0.2, 0.25) is 0 Å². The first-order valence-electron chi connectivity index (χ1n) is 5.75. The van der Waals surface area contributed by atoms with Gasteiger partial charge in [-0.25, -0.2) is 0 Å². The first-order valence-corrected chi connectivity index (χ1v) is 5.75. The molecule has 1 aliphatic rings. The van der Waals surface area contributed by atoms with Crippen molar-refractivity contribution in [3.05, 3.63) is 35.9 Å². The van der Waals surface area contributed by atoms with Crippen molar-refractivity contribution in [2.45, 2.75) is 32.6 Å². The average molecular weight is 202 g/mol. The van der Waals surface area contributed by atoms with Crippen molar-refractivity contribution >= 4 is 5.78 Å². The molecule has 1 heteroatoms. The molecule has 1 saturated carbocycles. The van der Waals surface area contributed by atoms with Gasteiger partial charge < -0.3 is 0 Å². The van der Waals surface area contributed by atoms with Gasteiger partial charge in [-0.05, 0) is 37.2 Å². The topological polar surface area (TPSA) is 17.1 Å². The number of hydrogen-bond donors (Lipinski definition) is 0. The number of rotatable bonds is 4. The minimum atomic E-state index is 0.167. The SMILES string of the molecule is CC(=O)C(C)C(c1ccccc1)C1CC1. The highest BCUT2D eigenvalue weighted by Crippen LogP contribution is 2.46. The molecule has 80 valence electrons. The van der Waals surface area contributed by atoms with Crippen LogP contribution >= 0.6 is 0 Å². The van der Waals surface area contributed by atoms with Gasteiger partial charge >= 0.3 is 0 Å². The van der Waals surface area contributed by atoms with Gasteiger partial charge in [-0.2, -0.15) is 0 Å². The summed E-state index contributed by atoms with van der Waals surface area (Å²) < 4.78 is 0. The summed E-state index contributed by atoms with van der Waals surface area (Å²) >= 11 is 0. The molecule has 0 bridgehead atoms. The van der Waals surface area contributed by atoms with Crippen LogP contribution in [0.25, 0.3) is 0 Å². The summed E-state index contributed by atoms with van der Waals surface area (Å²) in [7, 11) is 0. The molecule has 0 aromatic heterocycles. The van der Waals surface area contributed by atoms with Crippen LogP contribution in [0.3, 0.4) is 0 Å². The van der Waals surface area contributed by atoms with Crippen LogP contribution in [-0.2, 0) is 4.79 Å². The van der Waals surface area contributed by atoms with Crippen LogP contribution < -0.4 is 0 Å². The van der Waals surface area contributed by atoms with Gasteiger partial charge in [0.15, 0.2) is 0 Å². The Kier molecular flexibility index (Phi) is 2.90. The van der Waals surface area contributed by atoms with Crippen LogP contribution in [0.15, 0.2) is 30.3 Å². The molecule has 2 rings (SSSR count). The maximum atomic E-state index is 11.5. The Balaban J connectivity index is 2.24. The fraction of sp³-hybridized carbons (Fsp3) is 0.500. The van der Waals surface area contributed by atoms with E-state index in [1.807, 2.05) is 6.07 Å². The van der Waals surface area contributed by atoms with E-state index < -0.39 is 0 Å². The van der Waals surface area contributed by atoms with E-state index in [0.29, 0.717) is 11.7 Å². The lowest BCUT2D eigenvalue weighted by Crippen LogP contribution is -2.18. The highest BCUT2D eigenvalue weighted by atomic mass is 16.1. The molecule has 1 fully saturated rings. The molecule has 1 nitrogen and oxygen atoms in total. The molecule has 0 N–H and O–H groups in total. The fourth-order valence-corrected chi connectivity index (χ4v) is 2.35. The summed E-state index contributed by atoms with van der Waals surface area (Å²) in [6.07, 6.45) is 2.58. The summed E-state index contributed by atoms with van der Waals surface area (Å²) in [6.45, 7) is 3.78. The minimum Gasteiger partial charge on any atom is -0.300 e. The zero-order valence-corrected chi connectivity index (χ0v) is 9.44. The molecule has 1 aromatic rings. The number of Topliss-reactive ketones (excluding diaryl/α,β-unsaturated/α-hetero) is 1. The average Bonchev–Trinajstić information content (AvgIpc) is 3.04. The monoisotopic (exact) mass is 202 g/mol. The van der Waals surface area contributed by atoms with Crippen LogP contribution in [0.5, 0.6) is 0 Å². The van der Waals surface area contributed by atoms with Crippen molar-refractivity contribution in [2.75, 3.05) is 0 Å². The molecule has 15 heavy (non-hydrogen) atoms. The van der Waals surface area contributed by atoms with Gasteiger partial charge in [-0.15, -0.1) is 0 Å². The van der Waals surface area contributed by atoms with E-state index in [-0.39, 0.29) is 5.92 Å². The second-order valence-corrected chi connectivity index (χ2v) is 4.67. The minimum absolute atomic E-state index is 0.167. The van der Waals surface area contributed by atoms with Crippen molar-refractivity contribution in [1.29, 1.82) is 0 Å². The summed E-state index contributed by atoms with van der Waals surface area (Å²) in [5.74, 6) is 1.67. The number of carbonyl (C=O) groups excluding carboxylic acids is 1. The molecular weight excluding hydrogens is 184 g/mol. The van der Waals surface area contributed by atoms with E-state index in [2.05, 4.69) is 31.2 Å². The fourth-order valence-electron chi connectivity index (χ4n) is 2.35. The Morgan fingerprint density at radius 3 is 2.33 bits per heavy atom. The molecule has 0 heterocycles. The molecule has 0 aliphatic heterocycles. The summed E-state index contributed by atoms with van der Waals surface area (Å²) in [4.78, 5) is 11.5. The number of benzene rings is 1. The van der Waals surface area contributed by atoms with E-state index >= 15 is 0 Å². The molecule has 0 spiro atoms. The third kappa shape index (κ3) is 2.28. The van der Waals surface area contributed by atoms with Crippen LogP contribution in [0.1, 0.15) is 38.2 Å². The Labute approximate surface area is 91.5 Å². The largest absolute Gasteiger partial charge is 0.300 e. The molecule has 2 atom stereocenters. The van der Waals surface area contributed by atoms with Crippen molar-refractivity contribution in [2.24, 2.45) is 11.8 Å². The second-order valence-electron chi connectivity index (χ2n) is 4.67. The van der Waals surface area contributed by atoms with Gasteiger partial charge in [0.25, 0.3) is 0 Å². The predicted molar refractivity (Wildman–Crippen MR) is 61.8 cm³/mol. The Bertz CT molecular complexity index is 338. The zero-order valence-electron chi connectivity index (χ0n) is 9.44. The number of hydrogen-bond acceptors (Lipinski definition) is 1. The molecule has 1 aliphatic carbocycles. The van der Waals surface area contributed by atoms with Gasteiger partial charge in [0.1, 0.15) is 5.78 Å². The van der Waals surface area contributed by atoms with Crippen LogP contribution in [0.4, 0.5) is 0 Å². The lowest BCUT2D eigenvalue weighted by atomic mass is 9.81. The van der Waals surface area contributed by atoms with E-state index in [4.69, 9.17) is 0 Å². The van der Waals surface area contributed by atoms with Gasteiger partial charge in [0.2, 0.25) is 0 Å². The summed E-state index contributed by atoms with van der Waals surface area (Å²) in [5.41, 5.74) is 1.34. The first kappa shape index (κ1) is 10.4. The van der Waals surface area contributed by atoms with Crippen molar-refractivity contribution in [1.82, 2.24) is 0 Å². The van der Waals surface area contributed by atoms with Gasteiger partial charge in [-0.1, -0.05) is 37.3 Å². The second kappa shape index (κ2) is 4.18. The maximum absolute atomic E-state index is 11.5. The number of carbonyl (C=O) groups is 1. The first-order chi connectivity index (χ1) is 7.20. The van der Waals surface area contributed by atoms with Gasteiger partial charge in [0, 0.05) is 5.92 Å². The van der Waals surface area contributed by atoms with E-state index in [1.54, 1.807) is 6.92 Å². The Morgan fingerprint density at radius 1 is 1.27 bits per heavy atom. The lowest BCUT2D eigenvalue weighted by Gasteiger charge is -2.22. The lowest BCUT2D eigenvalue weighted by molar-refractivity contribution is -0.121. The normalized spacial score (nSPS) is 19.6. The molecule has 0 radical (unpaired) electrons. The van der Waals surface area contributed by atoms with Crippen molar-refractivity contribution < 1.29 is 4.79 Å².